The highest BCUT2D eigenvalue weighted by atomic mass is 19.1. The summed E-state index contributed by atoms with van der Waals surface area (Å²) in [6, 6.07) is 18.2. The van der Waals surface area contributed by atoms with Crippen molar-refractivity contribution in [1.29, 1.82) is 10.5 Å². The van der Waals surface area contributed by atoms with Crippen LogP contribution in [0.2, 0.25) is 0 Å². The van der Waals surface area contributed by atoms with Crippen LogP contribution in [0.25, 0.3) is 0 Å². The summed E-state index contributed by atoms with van der Waals surface area (Å²) in [5.74, 6) is -0.0624. The van der Waals surface area contributed by atoms with Crippen molar-refractivity contribution in [3.63, 3.8) is 0 Å². The molecule has 2 aromatic carbocycles. The number of likely N-dealkylation sites (tertiary alicyclic amines) is 1. The molecule has 0 saturated carbocycles. The fourth-order valence-corrected chi connectivity index (χ4v) is 5.39. The van der Waals surface area contributed by atoms with Crippen LogP contribution in [0, 0.1) is 34.4 Å². The number of rotatable bonds is 12. The molecule has 1 fully saturated rings. The summed E-state index contributed by atoms with van der Waals surface area (Å²) in [6.45, 7) is 6.45. The van der Waals surface area contributed by atoms with Gasteiger partial charge >= 0.3 is 5.97 Å². The first kappa shape index (κ1) is 28.2. The Kier molecular flexibility index (Phi) is 10.5. The van der Waals surface area contributed by atoms with Crippen LogP contribution < -0.4 is 4.74 Å². The van der Waals surface area contributed by atoms with E-state index in [1.165, 1.54) is 13.0 Å². The van der Waals surface area contributed by atoms with Crippen molar-refractivity contribution in [2.75, 3.05) is 26.2 Å². The lowest BCUT2D eigenvalue weighted by Gasteiger charge is -2.42. The van der Waals surface area contributed by atoms with Crippen LogP contribution in [0.3, 0.4) is 0 Å². The average Bonchev–Trinajstić information content (AvgIpc) is 2.91. The average molecular weight is 506 g/mol. The van der Waals surface area contributed by atoms with Crippen LogP contribution in [0.15, 0.2) is 48.5 Å². The molecule has 7 heteroatoms. The van der Waals surface area contributed by atoms with E-state index in [2.05, 4.69) is 17.0 Å². The molecule has 0 radical (unpaired) electrons. The molecule has 6 nitrogen and oxygen atoms in total. The summed E-state index contributed by atoms with van der Waals surface area (Å²) >= 11 is 0. The second-order valence-electron chi connectivity index (χ2n) is 9.74. The number of carbonyl (C=O) groups is 1. The zero-order chi connectivity index (χ0) is 26.7. The van der Waals surface area contributed by atoms with E-state index in [-0.39, 0.29) is 17.7 Å². The number of carbonyl (C=O) groups excluding carboxylic acids is 1. The van der Waals surface area contributed by atoms with Crippen LogP contribution in [0.4, 0.5) is 4.39 Å². The molecule has 196 valence electrons. The molecule has 0 aromatic heterocycles. The molecule has 1 aliphatic rings. The normalized spacial score (nSPS) is 16.7. The molecule has 2 atom stereocenters. The van der Waals surface area contributed by atoms with Crippen LogP contribution >= 0.6 is 0 Å². The Morgan fingerprint density at radius 2 is 1.86 bits per heavy atom. The molecule has 1 aliphatic heterocycles. The molecule has 37 heavy (non-hydrogen) atoms. The number of ether oxygens (including phenoxy) is 2. The van der Waals surface area contributed by atoms with Crippen molar-refractivity contribution in [3.05, 3.63) is 65.5 Å². The third-order valence-electron chi connectivity index (χ3n) is 7.20. The first-order chi connectivity index (χ1) is 17.9. The van der Waals surface area contributed by atoms with Gasteiger partial charge in [-0.15, -0.1) is 0 Å². The van der Waals surface area contributed by atoms with Gasteiger partial charge in [0.2, 0.25) is 0 Å². The third kappa shape index (κ3) is 7.54. The summed E-state index contributed by atoms with van der Waals surface area (Å²) in [6.07, 6.45) is 3.68. The number of hydrogen-bond acceptors (Lipinski definition) is 6. The van der Waals surface area contributed by atoms with Crippen LogP contribution in [0.1, 0.15) is 63.5 Å². The molecule has 0 N–H and O–H groups in total. The highest BCUT2D eigenvalue weighted by Gasteiger charge is 2.45. The Balaban J connectivity index is 1.64. The van der Waals surface area contributed by atoms with Crippen LogP contribution in [0.5, 0.6) is 5.75 Å². The fraction of sp³-hybridized carbons (Fsp3) is 0.500. The van der Waals surface area contributed by atoms with Gasteiger partial charge in [0.15, 0.2) is 0 Å². The number of benzene rings is 2. The van der Waals surface area contributed by atoms with E-state index in [0.29, 0.717) is 30.6 Å². The minimum Gasteiger partial charge on any atom is -0.494 e. The van der Waals surface area contributed by atoms with Gasteiger partial charge in [-0.1, -0.05) is 31.5 Å². The van der Waals surface area contributed by atoms with E-state index in [1.807, 2.05) is 6.92 Å². The van der Waals surface area contributed by atoms with E-state index in [1.54, 1.807) is 42.5 Å². The lowest BCUT2D eigenvalue weighted by atomic mass is 9.64. The topological polar surface area (TPSA) is 86.3 Å². The number of esters is 1. The predicted molar refractivity (Wildman–Crippen MR) is 139 cm³/mol. The lowest BCUT2D eigenvalue weighted by molar-refractivity contribution is -0.147. The van der Waals surface area contributed by atoms with Crippen LogP contribution in [-0.4, -0.2) is 43.2 Å². The Bertz CT molecular complexity index is 1100. The van der Waals surface area contributed by atoms with Gasteiger partial charge in [0, 0.05) is 25.5 Å². The molecule has 3 rings (SSSR count). The van der Waals surface area contributed by atoms with Gasteiger partial charge in [0.1, 0.15) is 17.7 Å². The van der Waals surface area contributed by atoms with Crippen LogP contribution in [-0.2, 0) is 14.9 Å². The number of hydrogen-bond donors (Lipinski definition) is 0. The summed E-state index contributed by atoms with van der Waals surface area (Å²) in [5, 5.41) is 19.4. The van der Waals surface area contributed by atoms with Gasteiger partial charge in [0.25, 0.3) is 0 Å². The number of nitriles is 2. The highest BCUT2D eigenvalue weighted by Crippen LogP contribution is 2.44. The fourth-order valence-electron chi connectivity index (χ4n) is 5.39. The smallest absolute Gasteiger partial charge is 0.302 e. The number of nitrogens with zero attached hydrogens (tertiary/aromatic N) is 3. The summed E-state index contributed by atoms with van der Waals surface area (Å²) < 4.78 is 26.5. The Morgan fingerprint density at radius 1 is 1.16 bits per heavy atom. The number of halogens is 1. The summed E-state index contributed by atoms with van der Waals surface area (Å²) in [7, 11) is 0. The molecular formula is C30H36FN3O3. The van der Waals surface area contributed by atoms with Crippen molar-refractivity contribution in [3.8, 4) is 17.9 Å². The molecule has 2 aromatic rings. The van der Waals surface area contributed by atoms with E-state index in [4.69, 9.17) is 14.7 Å². The summed E-state index contributed by atoms with van der Waals surface area (Å²) in [4.78, 5) is 14.1. The van der Waals surface area contributed by atoms with E-state index in [9.17, 15) is 10.1 Å². The lowest BCUT2D eigenvalue weighted by Crippen LogP contribution is -2.45. The molecule has 0 aliphatic carbocycles. The van der Waals surface area contributed by atoms with Crippen molar-refractivity contribution < 1.29 is 18.7 Å². The van der Waals surface area contributed by atoms with E-state index in [0.717, 1.165) is 51.1 Å². The minimum absolute atomic E-state index is 0.0459. The maximum atomic E-state index is 15.1. The van der Waals surface area contributed by atoms with E-state index < -0.39 is 11.5 Å². The van der Waals surface area contributed by atoms with Crippen molar-refractivity contribution in [1.82, 2.24) is 4.90 Å². The second kappa shape index (κ2) is 13.8. The Hall–Kier alpha value is -3.42. The van der Waals surface area contributed by atoms with Gasteiger partial charge in [-0.05, 0) is 75.0 Å². The zero-order valence-corrected chi connectivity index (χ0v) is 21.8. The Labute approximate surface area is 219 Å². The molecule has 1 heterocycles. The van der Waals surface area contributed by atoms with Crippen molar-refractivity contribution in [2.45, 2.75) is 63.9 Å². The zero-order valence-electron chi connectivity index (χ0n) is 21.8. The van der Waals surface area contributed by atoms with Gasteiger partial charge < -0.3 is 14.4 Å². The first-order valence-corrected chi connectivity index (χ1v) is 13.1. The van der Waals surface area contributed by atoms with Gasteiger partial charge in [-0.25, -0.2) is 4.39 Å². The van der Waals surface area contributed by atoms with Gasteiger partial charge in [-0.2, -0.15) is 10.5 Å². The monoisotopic (exact) mass is 505 g/mol. The van der Waals surface area contributed by atoms with Crippen molar-refractivity contribution in [2.24, 2.45) is 5.92 Å². The largest absolute Gasteiger partial charge is 0.494 e. The molecular weight excluding hydrogens is 469 g/mol. The summed E-state index contributed by atoms with van der Waals surface area (Å²) in [5.41, 5.74) is -0.0567. The second-order valence-corrected chi connectivity index (χ2v) is 9.74. The quantitative estimate of drug-likeness (QED) is 0.269. The predicted octanol–water partition coefficient (Wildman–Crippen LogP) is 5.76. The molecule has 0 spiro atoms. The highest BCUT2D eigenvalue weighted by molar-refractivity contribution is 5.66. The van der Waals surface area contributed by atoms with Gasteiger partial charge in [0.05, 0.1) is 29.7 Å². The molecule has 0 amide bonds. The standard InChI is InChI=1S/C30H36FN3O3/c1-3-7-27(37-23(2)35)20-30(22-33,28-8-4-5-9-29(28)31)25-14-17-34(18-15-25)16-6-19-36-26-12-10-24(21-32)11-13-26/h4-5,8-13,25,27H,3,6-7,14-20H2,1-2H3/t27-,30?/m0/s1. The molecule has 1 saturated heterocycles. The van der Waals surface area contributed by atoms with Crippen molar-refractivity contribution >= 4 is 5.97 Å². The van der Waals surface area contributed by atoms with E-state index >= 15 is 4.39 Å². The third-order valence-corrected chi connectivity index (χ3v) is 7.20. The van der Waals surface area contributed by atoms with Gasteiger partial charge in [-0.3, -0.25) is 4.79 Å². The SMILES string of the molecule is CCC[C@@H](CC(C#N)(c1ccccc1F)C1CCN(CCCOc2ccc(C#N)cc2)CC1)OC(C)=O. The minimum atomic E-state index is -1.06. The number of piperidine rings is 1. The molecule has 0 bridgehead atoms. The maximum Gasteiger partial charge on any atom is 0.302 e. The molecule has 1 unspecified atom stereocenters. The maximum absolute atomic E-state index is 15.1. The Morgan fingerprint density at radius 3 is 2.46 bits per heavy atom. The first-order valence-electron chi connectivity index (χ1n) is 13.1.